The van der Waals surface area contributed by atoms with Crippen LogP contribution in [0.2, 0.25) is 0 Å². The number of hydrogen-bond donors (Lipinski definition) is 1. The van der Waals surface area contributed by atoms with Crippen LogP contribution in [0.5, 0.6) is 11.5 Å². The van der Waals surface area contributed by atoms with Crippen LogP contribution in [-0.4, -0.2) is 47.2 Å². The molecule has 0 radical (unpaired) electrons. The highest BCUT2D eigenvalue weighted by Gasteiger charge is 2.19. The summed E-state index contributed by atoms with van der Waals surface area (Å²) in [6.45, 7) is 3.08. The van der Waals surface area contributed by atoms with E-state index in [1.807, 2.05) is 6.07 Å². The van der Waals surface area contributed by atoms with Crippen LogP contribution in [0.1, 0.15) is 17.5 Å². The van der Waals surface area contributed by atoms with Crippen LogP contribution in [-0.2, 0) is 23.0 Å². The minimum atomic E-state index is -3.37. The zero-order valence-corrected chi connectivity index (χ0v) is 17.9. The number of fused-ring (bicyclic) bond motifs is 1. The lowest BCUT2D eigenvalue weighted by molar-refractivity contribution is 0.250. The molecule has 0 atom stereocenters. The maximum atomic E-state index is 12.1. The van der Waals surface area contributed by atoms with Gasteiger partial charge >= 0.3 is 0 Å². The van der Waals surface area contributed by atoms with Crippen molar-refractivity contribution in [2.75, 3.05) is 33.9 Å². The molecule has 1 aliphatic rings. The fourth-order valence-corrected chi connectivity index (χ4v) is 5.23. The number of rotatable bonds is 8. The molecule has 1 aromatic carbocycles. The summed E-state index contributed by atoms with van der Waals surface area (Å²) < 4.78 is 37.6. The summed E-state index contributed by atoms with van der Waals surface area (Å²) in [5.41, 5.74) is 2.53. The van der Waals surface area contributed by atoms with Gasteiger partial charge in [0, 0.05) is 25.0 Å². The summed E-state index contributed by atoms with van der Waals surface area (Å²) in [6.07, 6.45) is 1.72. The third-order valence-corrected chi connectivity index (χ3v) is 6.84. The molecule has 0 bridgehead atoms. The van der Waals surface area contributed by atoms with Crippen molar-refractivity contribution in [2.45, 2.75) is 24.3 Å². The fraction of sp³-hybridized carbons (Fsp3) is 0.444. The van der Waals surface area contributed by atoms with Crippen molar-refractivity contribution in [3.63, 3.8) is 0 Å². The van der Waals surface area contributed by atoms with Crippen molar-refractivity contribution >= 4 is 33.8 Å². The molecule has 0 aliphatic carbocycles. The minimum absolute atomic E-state index is 0. The van der Waals surface area contributed by atoms with Gasteiger partial charge in [-0.25, -0.2) is 13.1 Å². The number of sulfonamides is 1. The Bertz CT molecular complexity index is 841. The average molecular weight is 433 g/mol. The molecule has 0 fully saturated rings. The van der Waals surface area contributed by atoms with Gasteiger partial charge in [0.15, 0.2) is 11.5 Å². The predicted octanol–water partition coefficient (Wildman–Crippen LogP) is 2.91. The molecular formula is C18H25ClN2O4S2. The first-order valence-corrected chi connectivity index (χ1v) is 10.9. The Kier molecular flexibility index (Phi) is 7.93. The number of hydrogen-bond acceptors (Lipinski definition) is 6. The molecule has 150 valence electrons. The van der Waals surface area contributed by atoms with Crippen molar-refractivity contribution in [3.8, 4) is 11.5 Å². The van der Waals surface area contributed by atoms with Gasteiger partial charge in [0.05, 0.1) is 19.1 Å². The second kappa shape index (κ2) is 9.75. The quantitative estimate of drug-likeness (QED) is 0.649. The van der Waals surface area contributed by atoms with Gasteiger partial charge in [-0.2, -0.15) is 11.3 Å². The summed E-state index contributed by atoms with van der Waals surface area (Å²) in [6, 6.07) is 5.72. The fourth-order valence-electron chi connectivity index (χ4n) is 3.13. The smallest absolute Gasteiger partial charge is 0.241 e. The minimum Gasteiger partial charge on any atom is -0.493 e. The molecular weight excluding hydrogens is 408 g/mol. The number of nitrogens with zero attached hydrogens (tertiary/aromatic N) is 1. The molecule has 2 heterocycles. The number of benzene rings is 1. The lowest BCUT2D eigenvalue weighted by atomic mass is 9.98. The standard InChI is InChI=1S/C18H24N2O4S2.ClH/c1-23-17-10-14-4-8-20(12-15(14)11-18(17)24-2)7-3-6-19-26(21,22)16-5-9-25-13-16;/h5,9-11,13,19H,3-4,6-8,12H2,1-2H3;1H. The van der Waals surface area contributed by atoms with Crippen molar-refractivity contribution in [1.29, 1.82) is 0 Å². The van der Waals surface area contributed by atoms with E-state index in [2.05, 4.69) is 15.7 Å². The predicted molar refractivity (Wildman–Crippen MR) is 110 cm³/mol. The van der Waals surface area contributed by atoms with E-state index < -0.39 is 10.0 Å². The van der Waals surface area contributed by atoms with Gasteiger partial charge in [-0.15, -0.1) is 12.4 Å². The monoisotopic (exact) mass is 432 g/mol. The Balaban J connectivity index is 0.00000261. The Morgan fingerprint density at radius 3 is 2.52 bits per heavy atom. The Hall–Kier alpha value is -1.32. The Morgan fingerprint density at radius 2 is 1.89 bits per heavy atom. The van der Waals surface area contributed by atoms with Gasteiger partial charge in [-0.1, -0.05) is 0 Å². The zero-order chi connectivity index (χ0) is 18.6. The number of ether oxygens (including phenoxy) is 2. The number of halogens is 1. The van der Waals surface area contributed by atoms with Crippen LogP contribution < -0.4 is 14.2 Å². The molecule has 1 aromatic heterocycles. The van der Waals surface area contributed by atoms with E-state index >= 15 is 0 Å². The average Bonchev–Trinajstić information content (AvgIpc) is 3.19. The van der Waals surface area contributed by atoms with Crippen LogP contribution in [0.3, 0.4) is 0 Å². The Labute approximate surface area is 170 Å². The molecule has 0 saturated carbocycles. The van der Waals surface area contributed by atoms with Crippen LogP contribution in [0, 0.1) is 0 Å². The molecule has 27 heavy (non-hydrogen) atoms. The third kappa shape index (κ3) is 5.36. The maximum Gasteiger partial charge on any atom is 0.241 e. The summed E-state index contributed by atoms with van der Waals surface area (Å²) in [5.74, 6) is 1.51. The molecule has 6 nitrogen and oxygen atoms in total. The van der Waals surface area contributed by atoms with E-state index in [9.17, 15) is 8.42 Å². The van der Waals surface area contributed by atoms with Crippen LogP contribution in [0.15, 0.2) is 33.9 Å². The summed E-state index contributed by atoms with van der Waals surface area (Å²) in [7, 11) is -0.0812. The molecule has 3 rings (SSSR count). The highest BCUT2D eigenvalue weighted by Crippen LogP contribution is 2.33. The molecule has 0 unspecified atom stereocenters. The molecule has 0 spiro atoms. The first kappa shape index (κ1) is 22.0. The molecule has 2 aromatic rings. The van der Waals surface area contributed by atoms with Crippen LogP contribution in [0.4, 0.5) is 0 Å². The van der Waals surface area contributed by atoms with Crippen molar-refractivity contribution < 1.29 is 17.9 Å². The summed E-state index contributed by atoms with van der Waals surface area (Å²) >= 11 is 1.38. The van der Waals surface area contributed by atoms with E-state index in [4.69, 9.17) is 9.47 Å². The Morgan fingerprint density at radius 1 is 1.19 bits per heavy atom. The van der Waals surface area contributed by atoms with E-state index in [1.165, 1.54) is 22.5 Å². The van der Waals surface area contributed by atoms with E-state index in [-0.39, 0.29) is 12.4 Å². The maximum absolute atomic E-state index is 12.1. The van der Waals surface area contributed by atoms with Crippen molar-refractivity contribution in [2.24, 2.45) is 0 Å². The van der Waals surface area contributed by atoms with Gasteiger partial charge in [-0.3, -0.25) is 4.90 Å². The number of thiophene rings is 1. The number of nitrogens with one attached hydrogen (secondary N) is 1. The normalized spacial score (nSPS) is 14.3. The van der Waals surface area contributed by atoms with Gasteiger partial charge in [0.1, 0.15) is 0 Å². The largest absolute Gasteiger partial charge is 0.493 e. The van der Waals surface area contributed by atoms with Crippen LogP contribution >= 0.6 is 23.7 Å². The van der Waals surface area contributed by atoms with Gasteiger partial charge < -0.3 is 9.47 Å². The number of methoxy groups -OCH3 is 2. The van der Waals surface area contributed by atoms with Crippen LogP contribution in [0.25, 0.3) is 0 Å². The first-order chi connectivity index (χ1) is 12.5. The topological polar surface area (TPSA) is 67.9 Å². The summed E-state index contributed by atoms with van der Waals surface area (Å²) in [5, 5.41) is 3.41. The second-order valence-electron chi connectivity index (χ2n) is 6.21. The molecule has 1 N–H and O–H groups in total. The van der Waals surface area contributed by atoms with Crippen molar-refractivity contribution in [3.05, 3.63) is 40.1 Å². The van der Waals surface area contributed by atoms with E-state index in [0.29, 0.717) is 11.4 Å². The lowest BCUT2D eigenvalue weighted by Gasteiger charge is -2.29. The third-order valence-electron chi connectivity index (χ3n) is 4.55. The van der Waals surface area contributed by atoms with E-state index in [1.54, 1.807) is 31.0 Å². The molecule has 0 amide bonds. The second-order valence-corrected chi connectivity index (χ2v) is 8.76. The van der Waals surface area contributed by atoms with Gasteiger partial charge in [0.2, 0.25) is 10.0 Å². The van der Waals surface area contributed by atoms with Gasteiger partial charge in [0.25, 0.3) is 0 Å². The molecule has 9 heteroatoms. The SMILES string of the molecule is COc1cc2c(cc1OC)CN(CCCNS(=O)(=O)c1ccsc1)CC2.Cl. The molecule has 1 aliphatic heterocycles. The van der Waals surface area contributed by atoms with Gasteiger partial charge in [-0.05, 0) is 54.1 Å². The highest BCUT2D eigenvalue weighted by molar-refractivity contribution is 7.89. The van der Waals surface area contributed by atoms with E-state index in [0.717, 1.165) is 44.0 Å². The highest BCUT2D eigenvalue weighted by atomic mass is 35.5. The lowest BCUT2D eigenvalue weighted by Crippen LogP contribution is -2.33. The zero-order valence-electron chi connectivity index (χ0n) is 15.4. The summed E-state index contributed by atoms with van der Waals surface area (Å²) in [4.78, 5) is 2.68. The van der Waals surface area contributed by atoms with Crippen molar-refractivity contribution in [1.82, 2.24) is 9.62 Å². The molecule has 0 saturated heterocycles. The first-order valence-electron chi connectivity index (χ1n) is 8.51.